The number of hydrogen-bond donors (Lipinski definition) is 1. The minimum absolute atomic E-state index is 0.0674. The number of ether oxygens (including phenoxy) is 1. The first-order valence-corrected chi connectivity index (χ1v) is 6.51. The monoisotopic (exact) mass is 266 g/mol. The first-order chi connectivity index (χ1) is 8.78. The van der Waals surface area contributed by atoms with Crippen LogP contribution in [0.5, 0.6) is 5.75 Å². The predicted molar refractivity (Wildman–Crippen MR) is 70.1 cm³/mol. The Morgan fingerprint density at radius 1 is 1.53 bits per heavy atom. The van der Waals surface area contributed by atoms with E-state index in [0.29, 0.717) is 11.3 Å². The lowest BCUT2D eigenvalue weighted by molar-refractivity contribution is -0.137. The van der Waals surface area contributed by atoms with Crippen molar-refractivity contribution in [1.29, 1.82) is 0 Å². The number of hydrogen-bond acceptors (Lipinski definition) is 2. The van der Waals surface area contributed by atoms with Crippen molar-refractivity contribution >= 4 is 5.97 Å². The summed E-state index contributed by atoms with van der Waals surface area (Å²) >= 11 is 0. The van der Waals surface area contributed by atoms with Gasteiger partial charge in [0.1, 0.15) is 17.2 Å². The molecule has 4 heteroatoms. The summed E-state index contributed by atoms with van der Waals surface area (Å²) in [7, 11) is 0. The third-order valence-electron chi connectivity index (χ3n) is 3.57. The Labute approximate surface area is 112 Å². The molecule has 1 atom stereocenters. The molecule has 1 aromatic rings. The highest BCUT2D eigenvalue weighted by atomic mass is 19.1. The van der Waals surface area contributed by atoms with Gasteiger partial charge in [-0.25, -0.2) is 4.39 Å². The van der Waals surface area contributed by atoms with Gasteiger partial charge in [0.05, 0.1) is 6.42 Å². The van der Waals surface area contributed by atoms with Crippen LogP contribution in [0.25, 0.3) is 0 Å². The van der Waals surface area contributed by atoms with Crippen LogP contribution in [0, 0.1) is 5.82 Å². The van der Waals surface area contributed by atoms with Crippen molar-refractivity contribution in [3.63, 3.8) is 0 Å². The van der Waals surface area contributed by atoms with Gasteiger partial charge in [-0.2, -0.15) is 0 Å². The molecular weight excluding hydrogens is 247 g/mol. The number of aliphatic carboxylic acids is 1. The van der Waals surface area contributed by atoms with Gasteiger partial charge >= 0.3 is 5.97 Å². The molecule has 19 heavy (non-hydrogen) atoms. The summed E-state index contributed by atoms with van der Waals surface area (Å²) < 4.78 is 19.8. The third-order valence-corrected chi connectivity index (χ3v) is 3.57. The molecule has 0 fully saturated rings. The topological polar surface area (TPSA) is 46.5 Å². The lowest BCUT2D eigenvalue weighted by atomic mass is 9.90. The summed E-state index contributed by atoms with van der Waals surface area (Å²) in [4.78, 5) is 10.7. The minimum Gasteiger partial charge on any atom is -0.487 e. The van der Waals surface area contributed by atoms with Gasteiger partial charge in [-0.3, -0.25) is 4.79 Å². The van der Waals surface area contributed by atoms with E-state index in [1.54, 1.807) is 13.0 Å². The minimum atomic E-state index is -0.915. The van der Waals surface area contributed by atoms with Crippen LogP contribution in [0.4, 0.5) is 4.39 Å². The number of carbonyl (C=O) groups is 1. The number of carboxylic acid groups (broad SMARTS) is 1. The molecule has 0 saturated heterocycles. The number of carboxylic acids is 1. The Hall–Kier alpha value is -1.58. The lowest BCUT2D eigenvalue weighted by Gasteiger charge is -2.33. The van der Waals surface area contributed by atoms with Crippen LogP contribution in [-0.2, 0) is 11.2 Å². The Morgan fingerprint density at radius 2 is 2.21 bits per heavy atom. The van der Waals surface area contributed by atoms with Crippen molar-refractivity contribution in [3.8, 4) is 5.75 Å². The first-order valence-electron chi connectivity index (χ1n) is 6.51. The molecule has 0 saturated carbocycles. The van der Waals surface area contributed by atoms with E-state index in [0.717, 1.165) is 18.4 Å². The van der Waals surface area contributed by atoms with Gasteiger partial charge in [0.15, 0.2) is 0 Å². The molecule has 1 aliphatic rings. The van der Waals surface area contributed by atoms with E-state index in [1.165, 1.54) is 6.07 Å². The average Bonchev–Trinajstić information content (AvgIpc) is 2.25. The lowest BCUT2D eigenvalue weighted by Crippen LogP contribution is -2.32. The number of aryl methyl sites for hydroxylation is 1. The molecule has 1 aliphatic heterocycles. The van der Waals surface area contributed by atoms with Crippen molar-refractivity contribution in [2.75, 3.05) is 0 Å². The molecule has 0 bridgehead atoms. The molecule has 0 spiro atoms. The van der Waals surface area contributed by atoms with Gasteiger partial charge in [-0.1, -0.05) is 6.92 Å². The molecule has 2 rings (SSSR count). The molecule has 0 aliphatic carbocycles. The van der Waals surface area contributed by atoms with E-state index in [4.69, 9.17) is 9.84 Å². The summed E-state index contributed by atoms with van der Waals surface area (Å²) in [6, 6.07) is 3.15. The van der Waals surface area contributed by atoms with E-state index in [2.05, 4.69) is 0 Å². The maximum Gasteiger partial charge on any atom is 0.303 e. The van der Waals surface area contributed by atoms with Gasteiger partial charge < -0.3 is 9.84 Å². The van der Waals surface area contributed by atoms with E-state index in [9.17, 15) is 9.18 Å². The van der Waals surface area contributed by atoms with Crippen molar-refractivity contribution in [3.05, 3.63) is 29.1 Å². The van der Waals surface area contributed by atoms with Crippen molar-refractivity contribution < 1.29 is 19.0 Å². The van der Waals surface area contributed by atoms with Crippen molar-refractivity contribution in [2.45, 2.75) is 51.6 Å². The summed E-state index contributed by atoms with van der Waals surface area (Å²) in [6.45, 7) is 5.69. The standard InChI is InChI=1S/C15H19FO3/c1-9(6-14(17)18)11-7-10-4-5-15(2,3)19-13(10)8-12(11)16/h7-9H,4-6H2,1-3H3,(H,17,18). The van der Waals surface area contributed by atoms with Gasteiger partial charge in [-0.05, 0) is 49.8 Å². The summed E-state index contributed by atoms with van der Waals surface area (Å²) in [5, 5.41) is 8.80. The van der Waals surface area contributed by atoms with Gasteiger partial charge in [0, 0.05) is 6.07 Å². The Kier molecular flexibility index (Phi) is 3.52. The molecule has 1 heterocycles. The number of halogens is 1. The van der Waals surface area contributed by atoms with Crippen LogP contribution in [0.3, 0.4) is 0 Å². The number of benzene rings is 1. The van der Waals surface area contributed by atoms with Crippen LogP contribution in [0.2, 0.25) is 0 Å². The Morgan fingerprint density at radius 3 is 2.84 bits per heavy atom. The van der Waals surface area contributed by atoms with Crippen LogP contribution in [0.1, 0.15) is 50.7 Å². The van der Waals surface area contributed by atoms with E-state index >= 15 is 0 Å². The largest absolute Gasteiger partial charge is 0.487 e. The second-order valence-corrected chi connectivity index (χ2v) is 5.84. The van der Waals surface area contributed by atoms with E-state index < -0.39 is 5.97 Å². The number of fused-ring (bicyclic) bond motifs is 1. The van der Waals surface area contributed by atoms with Crippen LogP contribution >= 0.6 is 0 Å². The highest BCUT2D eigenvalue weighted by Gasteiger charge is 2.28. The zero-order valence-electron chi connectivity index (χ0n) is 11.5. The second kappa shape index (κ2) is 4.83. The Balaban J connectivity index is 2.32. The van der Waals surface area contributed by atoms with Gasteiger partial charge in [0.25, 0.3) is 0 Å². The normalized spacial score (nSPS) is 18.3. The molecule has 0 radical (unpaired) electrons. The quantitative estimate of drug-likeness (QED) is 0.910. The smallest absolute Gasteiger partial charge is 0.303 e. The van der Waals surface area contributed by atoms with Crippen molar-refractivity contribution in [2.24, 2.45) is 0 Å². The number of rotatable bonds is 3. The van der Waals surface area contributed by atoms with Crippen LogP contribution in [0.15, 0.2) is 12.1 Å². The zero-order chi connectivity index (χ0) is 14.2. The highest BCUT2D eigenvalue weighted by Crippen LogP contribution is 2.36. The summed E-state index contributed by atoms with van der Waals surface area (Å²) in [6.07, 6.45) is 1.63. The molecule has 104 valence electrons. The Bertz CT molecular complexity index is 508. The van der Waals surface area contributed by atoms with E-state index in [-0.39, 0.29) is 23.8 Å². The summed E-state index contributed by atoms with van der Waals surface area (Å²) in [5.41, 5.74) is 1.16. The van der Waals surface area contributed by atoms with E-state index in [1.807, 2.05) is 13.8 Å². The zero-order valence-corrected chi connectivity index (χ0v) is 11.5. The highest BCUT2D eigenvalue weighted by molar-refractivity contribution is 5.68. The summed E-state index contributed by atoms with van der Waals surface area (Å²) in [5.74, 6) is -1.05. The molecule has 3 nitrogen and oxygen atoms in total. The van der Waals surface area contributed by atoms with Gasteiger partial charge in [0.2, 0.25) is 0 Å². The average molecular weight is 266 g/mol. The molecular formula is C15H19FO3. The molecule has 0 aromatic heterocycles. The fourth-order valence-corrected chi connectivity index (χ4v) is 2.44. The predicted octanol–water partition coefficient (Wildman–Crippen LogP) is 3.51. The van der Waals surface area contributed by atoms with Crippen LogP contribution < -0.4 is 4.74 Å². The SMILES string of the molecule is CC(CC(=O)O)c1cc2c(cc1F)OC(C)(C)CC2. The molecule has 0 amide bonds. The molecule has 1 aromatic carbocycles. The molecule has 1 N–H and O–H groups in total. The maximum absolute atomic E-state index is 14.1. The van der Waals surface area contributed by atoms with Gasteiger partial charge in [-0.15, -0.1) is 0 Å². The van der Waals surface area contributed by atoms with Crippen molar-refractivity contribution in [1.82, 2.24) is 0 Å². The third kappa shape index (κ3) is 3.06. The fraction of sp³-hybridized carbons (Fsp3) is 0.533. The second-order valence-electron chi connectivity index (χ2n) is 5.84. The first kappa shape index (κ1) is 13.8. The van der Waals surface area contributed by atoms with Crippen LogP contribution in [-0.4, -0.2) is 16.7 Å². The fourth-order valence-electron chi connectivity index (χ4n) is 2.44. The molecule has 1 unspecified atom stereocenters. The maximum atomic E-state index is 14.1.